The van der Waals surface area contributed by atoms with Gasteiger partial charge in [-0.15, -0.1) is 0 Å². The summed E-state index contributed by atoms with van der Waals surface area (Å²) in [6.07, 6.45) is 4.96. The Morgan fingerprint density at radius 1 is 0.624 bits per heavy atom. The Balaban J connectivity index is 1.67. The zero-order valence-electron chi connectivity index (χ0n) is 55.5. The minimum Gasteiger partial charge on any atom is -0.481 e. The second-order valence-corrected chi connectivity index (χ2v) is 25.4. The van der Waals surface area contributed by atoms with E-state index in [1.807, 2.05) is 52.0 Å². The number of methoxy groups -OCH3 is 1. The number of ether oxygens (including phenoxy) is 3. The number of cyclic esters (lactones) is 1. The molecule has 522 valence electrons. The Labute approximate surface area is 556 Å². The van der Waals surface area contributed by atoms with Gasteiger partial charge in [-0.25, -0.2) is 4.79 Å². The predicted molar refractivity (Wildman–Crippen MR) is 347 cm³/mol. The van der Waals surface area contributed by atoms with Gasteiger partial charge in [0.2, 0.25) is 59.1 Å². The lowest BCUT2D eigenvalue weighted by Crippen LogP contribution is -2.53. The molecule has 0 aromatic heterocycles. The molecular formula is C64H103BrN12O16. The lowest BCUT2D eigenvalue weighted by Gasteiger charge is -2.33. The molecule has 3 aliphatic heterocycles. The van der Waals surface area contributed by atoms with E-state index >= 15 is 4.79 Å². The topological polar surface area (TPSA) is 332 Å². The fraction of sp³-hybridized carbons (Fsp3) is 0.719. The Morgan fingerprint density at radius 2 is 1.09 bits per heavy atom. The molecule has 28 nitrogen and oxygen atoms in total. The van der Waals surface area contributed by atoms with Gasteiger partial charge in [0.15, 0.2) is 0 Å². The lowest BCUT2D eigenvalue weighted by molar-refractivity contribution is -0.148. The van der Waals surface area contributed by atoms with E-state index in [4.69, 9.17) is 25.1 Å². The van der Waals surface area contributed by atoms with Crippen LogP contribution in [0.4, 0.5) is 0 Å². The minimum atomic E-state index is -1.05. The van der Waals surface area contributed by atoms with Crippen molar-refractivity contribution in [1.82, 2.24) is 54.7 Å². The summed E-state index contributed by atoms with van der Waals surface area (Å²) in [7, 11) is 1.49. The monoisotopic (exact) mass is 1370 g/mol. The van der Waals surface area contributed by atoms with Gasteiger partial charge in [0.1, 0.15) is 6.04 Å². The zero-order valence-corrected chi connectivity index (χ0v) is 57.0. The van der Waals surface area contributed by atoms with Crippen LogP contribution in [0.15, 0.2) is 28.7 Å². The van der Waals surface area contributed by atoms with Crippen LogP contribution in [-0.4, -0.2) is 297 Å². The third-order valence-electron chi connectivity index (χ3n) is 16.1. The summed E-state index contributed by atoms with van der Waals surface area (Å²) in [6.45, 7) is 6.81. The van der Waals surface area contributed by atoms with Crippen molar-refractivity contribution in [3.8, 4) is 0 Å². The van der Waals surface area contributed by atoms with Crippen molar-refractivity contribution >= 4 is 86.9 Å². The normalized spacial score (nSPS) is 14.6. The number of nitrogens with zero attached hydrogens (tertiary/aromatic N) is 9. The molecule has 1 atom stereocenters. The first-order valence-electron chi connectivity index (χ1n) is 32.9. The summed E-state index contributed by atoms with van der Waals surface area (Å²) < 4.78 is 17.0. The molecule has 3 aliphatic rings. The summed E-state index contributed by atoms with van der Waals surface area (Å²) in [4.78, 5) is 177. The van der Waals surface area contributed by atoms with Crippen molar-refractivity contribution in [2.45, 2.75) is 130 Å². The molecule has 4 rings (SSSR count). The maximum Gasteiger partial charge on any atom is 0.328 e. The second-order valence-electron chi connectivity index (χ2n) is 24.5. The van der Waals surface area contributed by atoms with Crippen LogP contribution in [0.2, 0.25) is 0 Å². The number of rotatable bonds is 47. The highest BCUT2D eigenvalue weighted by Gasteiger charge is 2.33. The van der Waals surface area contributed by atoms with E-state index in [2.05, 4.69) is 26.6 Å². The molecule has 3 saturated heterocycles. The zero-order chi connectivity index (χ0) is 68.2. The van der Waals surface area contributed by atoms with E-state index in [0.717, 1.165) is 10.0 Å². The number of nitrogens with two attached hydrogens (primary N) is 1. The largest absolute Gasteiger partial charge is 0.481 e. The number of esters is 1. The smallest absolute Gasteiger partial charge is 0.328 e. The molecule has 1 aromatic carbocycles. The van der Waals surface area contributed by atoms with Gasteiger partial charge < -0.3 is 79.8 Å². The highest BCUT2D eigenvalue weighted by Crippen LogP contribution is 2.16. The Hall–Kier alpha value is -6.82. The molecular weight excluding hydrogens is 1270 g/mol. The molecule has 1 aromatic rings. The van der Waals surface area contributed by atoms with E-state index < -0.39 is 111 Å². The molecule has 29 heteroatoms. The first kappa shape index (κ1) is 78.6. The lowest BCUT2D eigenvalue weighted by atomic mass is 10.1. The van der Waals surface area contributed by atoms with Crippen LogP contribution in [0.5, 0.6) is 0 Å². The third kappa shape index (κ3) is 30.4. The minimum absolute atomic E-state index is 0.00225. The maximum atomic E-state index is 15.0. The summed E-state index contributed by atoms with van der Waals surface area (Å²) in [5.41, 5.74) is 6.64. The Morgan fingerprint density at radius 3 is 1.52 bits per heavy atom. The van der Waals surface area contributed by atoms with Crippen molar-refractivity contribution in [3.63, 3.8) is 0 Å². The summed E-state index contributed by atoms with van der Waals surface area (Å²) in [5, 5.41) is 14.6. The van der Waals surface area contributed by atoms with Gasteiger partial charge in [-0.05, 0) is 108 Å². The standard InChI is InChI=1S/C64H103BrN12O16/c1-48(2)21-35-76(56(81)40-67-25-20-63(88)89)46-61(86)73(32-11-30-70-28-9-15-55(70)80)42-58(83)72(31-10-29-69-27-8-14-54(69)79)43-59(84)75(34-13-38-92-49(3)4)44-60(85)74(33-12-37-91-5)45-62(87)77(36-22-50-16-18-51(65)19-17-50)47-57(82)71(26-7-6-24-66)41-53(78)68-52-23-39-93-64(52)90/h16-19,48-49,52,67H,6-15,20-47,66H2,1-5H3,(H,68,78)(H,88,89). The quantitative estimate of drug-likeness (QED) is 0.0521. The van der Waals surface area contributed by atoms with E-state index in [-0.39, 0.29) is 141 Å². The maximum absolute atomic E-state index is 15.0. The molecule has 3 heterocycles. The van der Waals surface area contributed by atoms with Gasteiger partial charge in [0.25, 0.3) is 0 Å². The first-order valence-corrected chi connectivity index (χ1v) is 33.7. The fourth-order valence-corrected chi connectivity index (χ4v) is 11.0. The van der Waals surface area contributed by atoms with Crippen molar-refractivity contribution < 1.29 is 76.9 Å². The van der Waals surface area contributed by atoms with E-state index in [1.54, 1.807) is 9.80 Å². The van der Waals surface area contributed by atoms with Crippen molar-refractivity contribution in [2.24, 2.45) is 11.7 Å². The highest BCUT2D eigenvalue weighted by atomic mass is 79.9. The Bertz CT molecular complexity index is 2600. The average molecular weight is 1380 g/mol. The van der Waals surface area contributed by atoms with E-state index in [1.165, 1.54) is 41.4 Å². The number of likely N-dealkylation sites (tertiary alicyclic amines) is 2. The molecule has 1 unspecified atom stereocenters. The van der Waals surface area contributed by atoms with Crippen LogP contribution < -0.4 is 16.4 Å². The molecule has 3 fully saturated rings. The third-order valence-corrected chi connectivity index (χ3v) is 16.6. The Kier molecular flexibility index (Phi) is 36.5. The molecule has 10 amide bonds. The molecule has 0 radical (unpaired) electrons. The number of aliphatic carboxylic acids is 1. The van der Waals surface area contributed by atoms with Crippen LogP contribution in [0, 0.1) is 5.92 Å². The number of carboxylic acids is 1. The molecule has 93 heavy (non-hydrogen) atoms. The van der Waals surface area contributed by atoms with Gasteiger partial charge in [0.05, 0.1) is 71.5 Å². The van der Waals surface area contributed by atoms with Gasteiger partial charge in [0, 0.05) is 123 Å². The van der Waals surface area contributed by atoms with Gasteiger partial charge in [-0.3, -0.25) is 52.7 Å². The summed E-state index contributed by atoms with van der Waals surface area (Å²) in [5.74, 6) is -6.21. The number of nitrogens with one attached hydrogen (secondary N) is 2. The molecule has 0 bridgehead atoms. The molecule has 0 saturated carbocycles. The summed E-state index contributed by atoms with van der Waals surface area (Å²) in [6, 6.07) is 6.57. The fourth-order valence-electron chi connectivity index (χ4n) is 10.7. The van der Waals surface area contributed by atoms with Gasteiger partial charge >= 0.3 is 11.9 Å². The number of amides is 10. The number of carboxylic acid groups (broad SMARTS) is 1. The van der Waals surface area contributed by atoms with E-state index in [0.29, 0.717) is 84.0 Å². The van der Waals surface area contributed by atoms with Crippen LogP contribution in [0.1, 0.15) is 117 Å². The number of halogens is 1. The first-order chi connectivity index (χ1) is 44.5. The SMILES string of the molecule is COCCCN(CC(=O)N(CCc1ccc(Br)cc1)CC(=O)N(CCCCN)CC(=O)NC1CCOC1=O)C(=O)CN(CCCOC(C)C)C(=O)CN(CCCN1CCCC1=O)C(=O)CN(CCCN1CCCC1=O)C(=O)CN(CCC(C)C)C(=O)CNCCC(=O)O. The van der Waals surface area contributed by atoms with Crippen LogP contribution >= 0.6 is 15.9 Å². The van der Waals surface area contributed by atoms with Crippen molar-refractivity contribution in [3.05, 3.63) is 34.3 Å². The molecule has 0 aliphatic carbocycles. The predicted octanol–water partition coefficient (Wildman–Crippen LogP) is 0.949. The van der Waals surface area contributed by atoms with Gasteiger partial charge in [-0.1, -0.05) is 41.9 Å². The number of carbonyl (C=O) groups is 12. The van der Waals surface area contributed by atoms with Crippen LogP contribution in [0.3, 0.4) is 0 Å². The van der Waals surface area contributed by atoms with Gasteiger partial charge in [-0.2, -0.15) is 0 Å². The number of unbranched alkanes of at least 4 members (excludes halogenated alkanes) is 1. The van der Waals surface area contributed by atoms with Crippen LogP contribution in [0.25, 0.3) is 0 Å². The van der Waals surface area contributed by atoms with E-state index in [9.17, 15) is 52.7 Å². The van der Waals surface area contributed by atoms with Crippen LogP contribution in [-0.2, 0) is 78.2 Å². The summed E-state index contributed by atoms with van der Waals surface area (Å²) >= 11 is 3.46. The van der Waals surface area contributed by atoms with Crippen molar-refractivity contribution in [1.29, 1.82) is 0 Å². The number of hydrogen-bond donors (Lipinski definition) is 4. The number of benzene rings is 1. The van der Waals surface area contributed by atoms with Crippen molar-refractivity contribution in [2.75, 3.05) is 164 Å². The second kappa shape index (κ2) is 43.2. The molecule has 0 spiro atoms. The number of hydrogen-bond acceptors (Lipinski definition) is 17. The average Bonchev–Trinajstić information content (AvgIpc) is 2.09. The number of carbonyl (C=O) groups excluding carboxylic acids is 11. The highest BCUT2D eigenvalue weighted by molar-refractivity contribution is 9.10. The molecule has 5 N–H and O–H groups in total.